The number of aliphatic hydroxyl groups is 2. The van der Waals surface area contributed by atoms with Crippen LogP contribution in [0.2, 0.25) is 0 Å². The molecule has 0 amide bonds. The third-order valence-corrected chi connectivity index (χ3v) is 10.0. The number of ether oxygens (including phenoxy) is 4. The Bertz CT molecular complexity index is 1260. The van der Waals surface area contributed by atoms with Gasteiger partial charge in [0.1, 0.15) is 17.3 Å². The summed E-state index contributed by atoms with van der Waals surface area (Å²) in [7, 11) is 0. The Kier molecular flexibility index (Phi) is 12.0. The largest absolute Gasteiger partial charge is 0.459 e. The summed E-state index contributed by atoms with van der Waals surface area (Å²) in [5.41, 5.74) is -5.21. The number of hydrogen-bond acceptors (Lipinski definition) is 11. The Morgan fingerprint density at radius 2 is 1.54 bits per heavy atom. The van der Waals surface area contributed by atoms with Crippen LogP contribution in [0.25, 0.3) is 0 Å². The molecule has 2 saturated carbocycles. The van der Waals surface area contributed by atoms with Crippen LogP contribution >= 0.6 is 0 Å². The molecule has 2 fully saturated rings. The molecule has 258 valence electrons. The maximum absolute atomic E-state index is 13.4. The van der Waals surface area contributed by atoms with Crippen LogP contribution in [0.15, 0.2) is 22.8 Å². The second kappa shape index (κ2) is 14.8. The maximum atomic E-state index is 13.4. The van der Waals surface area contributed by atoms with Gasteiger partial charge in [0.05, 0.1) is 5.92 Å². The standard InChI is InChI=1S/C35H52O11/c1-9-12-13-14-15-17-27(39)44-31-29-28(21(5)30(31)45-32(40)20(4)11-3)23-18-24(37)34(8,41)35(23,42)25(43-26(38)16-10-2)19-33(29,7)46-22(6)36/h11,23,25,29-31,41-42H,9-10,12-19H2,1-8H3/b20-11-/t23-,25-,29-,30-,31+,33-,34-,35+/m1/s1. The second-order valence-corrected chi connectivity index (χ2v) is 13.4. The lowest BCUT2D eigenvalue weighted by atomic mass is 9.73. The van der Waals surface area contributed by atoms with Crippen molar-refractivity contribution >= 4 is 29.7 Å². The Morgan fingerprint density at radius 1 is 0.913 bits per heavy atom. The first-order valence-corrected chi connectivity index (χ1v) is 16.6. The van der Waals surface area contributed by atoms with Crippen LogP contribution in [-0.2, 0) is 42.9 Å². The monoisotopic (exact) mass is 648 g/mol. The Morgan fingerprint density at radius 3 is 2.13 bits per heavy atom. The fourth-order valence-electron chi connectivity index (χ4n) is 7.50. The summed E-state index contributed by atoms with van der Waals surface area (Å²) < 4.78 is 23.9. The van der Waals surface area contributed by atoms with Crippen molar-refractivity contribution in [2.24, 2.45) is 11.8 Å². The summed E-state index contributed by atoms with van der Waals surface area (Å²) in [4.78, 5) is 65.4. The van der Waals surface area contributed by atoms with E-state index in [1.54, 1.807) is 40.7 Å². The third-order valence-electron chi connectivity index (χ3n) is 10.0. The highest BCUT2D eigenvalue weighted by Crippen LogP contribution is 2.60. The van der Waals surface area contributed by atoms with Gasteiger partial charge in [-0.1, -0.05) is 45.6 Å². The lowest BCUT2D eigenvalue weighted by Crippen LogP contribution is -2.63. The lowest BCUT2D eigenvalue weighted by molar-refractivity contribution is -0.216. The predicted octanol–water partition coefficient (Wildman–Crippen LogP) is 4.59. The molecule has 3 aliphatic rings. The number of allylic oxidation sites excluding steroid dienone is 1. The molecule has 11 nitrogen and oxygen atoms in total. The predicted molar refractivity (Wildman–Crippen MR) is 167 cm³/mol. The first kappa shape index (κ1) is 37.4. The zero-order chi connectivity index (χ0) is 34.6. The summed E-state index contributed by atoms with van der Waals surface area (Å²) in [6, 6.07) is 0. The SMILES string of the molecule is C/C=C(/C)C(=O)O[C@@H]1C(C)=C2[C@H]3CC(=O)[C@@](C)(O)[C@@]3(O)[C@H](OC(=O)CCC)C[C@@](C)(OC(C)=O)[C@H]2[C@@H]1OC(=O)CCCCCCC. The fourth-order valence-corrected chi connectivity index (χ4v) is 7.50. The van der Waals surface area contributed by atoms with Gasteiger partial charge in [0.25, 0.3) is 0 Å². The van der Waals surface area contributed by atoms with E-state index < -0.39 is 76.6 Å². The van der Waals surface area contributed by atoms with E-state index in [0.29, 0.717) is 29.6 Å². The van der Waals surface area contributed by atoms with Gasteiger partial charge >= 0.3 is 23.9 Å². The van der Waals surface area contributed by atoms with E-state index >= 15 is 0 Å². The van der Waals surface area contributed by atoms with E-state index in [4.69, 9.17) is 18.9 Å². The van der Waals surface area contributed by atoms with Crippen molar-refractivity contribution in [3.05, 3.63) is 22.8 Å². The van der Waals surface area contributed by atoms with Gasteiger partial charge in [-0.25, -0.2) is 4.79 Å². The van der Waals surface area contributed by atoms with E-state index in [1.165, 1.54) is 13.8 Å². The van der Waals surface area contributed by atoms with E-state index in [1.807, 2.05) is 0 Å². The Labute approximate surface area is 272 Å². The number of ketones is 1. The first-order valence-electron chi connectivity index (χ1n) is 16.6. The van der Waals surface area contributed by atoms with Crippen molar-refractivity contribution in [3.8, 4) is 0 Å². The zero-order valence-corrected chi connectivity index (χ0v) is 28.6. The number of hydrogen-bond donors (Lipinski definition) is 2. The molecule has 0 aliphatic heterocycles. The average molecular weight is 649 g/mol. The summed E-state index contributed by atoms with van der Waals surface area (Å²) in [5, 5.41) is 24.1. The molecule has 2 N–H and O–H groups in total. The molecule has 46 heavy (non-hydrogen) atoms. The normalized spacial score (nSPS) is 34.0. The highest BCUT2D eigenvalue weighted by Gasteiger charge is 2.73. The van der Waals surface area contributed by atoms with Crippen LogP contribution in [0.4, 0.5) is 0 Å². The molecule has 0 radical (unpaired) electrons. The van der Waals surface area contributed by atoms with E-state index in [2.05, 4.69) is 6.92 Å². The van der Waals surface area contributed by atoms with Crippen LogP contribution in [0.1, 0.15) is 120 Å². The smallest absolute Gasteiger partial charge is 0.334 e. The lowest BCUT2D eigenvalue weighted by Gasteiger charge is -2.43. The number of carbonyl (C=O) groups is 5. The molecule has 11 heteroatoms. The molecule has 0 aromatic rings. The average Bonchev–Trinajstić information content (AvgIpc) is 3.30. The van der Waals surface area contributed by atoms with Crippen molar-refractivity contribution in [2.45, 2.75) is 155 Å². The van der Waals surface area contributed by atoms with Crippen LogP contribution in [0.5, 0.6) is 0 Å². The van der Waals surface area contributed by atoms with Gasteiger partial charge in [-0.2, -0.15) is 0 Å². The first-order chi connectivity index (χ1) is 21.5. The summed E-state index contributed by atoms with van der Waals surface area (Å²) in [5.74, 6) is -5.36. The zero-order valence-electron chi connectivity index (χ0n) is 28.6. The van der Waals surface area contributed by atoms with Crippen molar-refractivity contribution in [2.75, 3.05) is 0 Å². The van der Waals surface area contributed by atoms with E-state index in [0.717, 1.165) is 25.7 Å². The van der Waals surface area contributed by atoms with E-state index in [9.17, 15) is 34.2 Å². The third kappa shape index (κ3) is 7.10. The molecule has 3 rings (SSSR count). The quantitative estimate of drug-likeness (QED) is 0.0944. The van der Waals surface area contributed by atoms with Crippen molar-refractivity contribution < 1.29 is 53.1 Å². The second-order valence-electron chi connectivity index (χ2n) is 13.4. The number of unbranched alkanes of at least 4 members (excludes halogenated alkanes) is 4. The number of Topliss-reactive ketones (excluding diaryl/α,β-unsaturated/α-hetero) is 1. The number of esters is 4. The van der Waals surface area contributed by atoms with Gasteiger partial charge in [-0.3, -0.25) is 19.2 Å². The minimum atomic E-state index is -2.35. The molecule has 0 heterocycles. The highest BCUT2D eigenvalue weighted by atomic mass is 16.6. The van der Waals surface area contributed by atoms with Crippen LogP contribution in [0.3, 0.4) is 0 Å². The molecule has 0 aromatic heterocycles. The minimum Gasteiger partial charge on any atom is -0.459 e. The number of rotatable bonds is 13. The van der Waals surface area contributed by atoms with Gasteiger partial charge in [-0.15, -0.1) is 0 Å². The molecule has 0 unspecified atom stereocenters. The summed E-state index contributed by atoms with van der Waals surface area (Å²) in [6.07, 6.45) is 2.16. The van der Waals surface area contributed by atoms with Gasteiger partial charge < -0.3 is 29.2 Å². The molecular weight excluding hydrogens is 596 g/mol. The number of carbonyl (C=O) groups excluding carboxylic acids is 5. The Balaban J connectivity index is 2.23. The van der Waals surface area contributed by atoms with Crippen molar-refractivity contribution in [1.29, 1.82) is 0 Å². The molecule has 0 spiro atoms. The molecule has 0 saturated heterocycles. The van der Waals surface area contributed by atoms with Gasteiger partial charge in [0.15, 0.2) is 23.6 Å². The Hall–Kier alpha value is -3.05. The molecule has 3 aliphatic carbocycles. The molecular formula is C35H52O11. The van der Waals surface area contributed by atoms with E-state index in [-0.39, 0.29) is 25.7 Å². The van der Waals surface area contributed by atoms with Gasteiger partial charge in [-0.05, 0) is 58.6 Å². The molecule has 0 aromatic carbocycles. The molecule has 8 atom stereocenters. The van der Waals surface area contributed by atoms with Crippen LogP contribution < -0.4 is 0 Å². The highest BCUT2D eigenvalue weighted by molar-refractivity contribution is 5.92. The van der Waals surface area contributed by atoms with Gasteiger partial charge in [0.2, 0.25) is 0 Å². The fraction of sp³-hybridized carbons (Fsp3) is 0.743. The summed E-state index contributed by atoms with van der Waals surface area (Å²) in [6.45, 7) is 12.8. The van der Waals surface area contributed by atoms with Crippen molar-refractivity contribution in [3.63, 3.8) is 0 Å². The number of fused-ring (bicyclic) bond motifs is 3. The van der Waals surface area contributed by atoms with Gasteiger partial charge in [0, 0.05) is 44.1 Å². The van der Waals surface area contributed by atoms with Crippen LogP contribution in [-0.4, -0.2) is 75.0 Å². The molecule has 0 bridgehead atoms. The summed E-state index contributed by atoms with van der Waals surface area (Å²) >= 11 is 0. The van der Waals surface area contributed by atoms with Crippen molar-refractivity contribution in [1.82, 2.24) is 0 Å². The maximum Gasteiger partial charge on any atom is 0.334 e. The minimum absolute atomic E-state index is 0.0174. The topological polar surface area (TPSA) is 163 Å². The van der Waals surface area contributed by atoms with Crippen LogP contribution in [0, 0.1) is 11.8 Å².